The Bertz CT molecular complexity index is 299. The number of para-hydroxylation sites is 1. The van der Waals surface area contributed by atoms with Gasteiger partial charge < -0.3 is 4.90 Å². The number of benzene rings is 1. The number of unbranched alkanes of at least 4 members (excludes halogenated alkanes) is 1. The largest absolute Gasteiger partial charge is 0.371 e. The van der Waals surface area contributed by atoms with Crippen molar-refractivity contribution in [3.8, 4) is 0 Å². The van der Waals surface area contributed by atoms with Crippen molar-refractivity contribution >= 4 is 18.3 Å². The standard InChI is InChI=1S/C16H27NS/c1-3-5-12-17(13-15(14-18)9-4-2)16-10-7-6-8-11-16/h6-8,10-11,15,18H,3-5,9,12-14H2,1-2H3. The summed E-state index contributed by atoms with van der Waals surface area (Å²) in [5, 5.41) is 0. The van der Waals surface area contributed by atoms with Gasteiger partial charge in [0.25, 0.3) is 0 Å². The quantitative estimate of drug-likeness (QED) is 0.637. The predicted molar refractivity (Wildman–Crippen MR) is 85.8 cm³/mol. The summed E-state index contributed by atoms with van der Waals surface area (Å²) in [4.78, 5) is 2.53. The summed E-state index contributed by atoms with van der Waals surface area (Å²) >= 11 is 4.50. The summed E-state index contributed by atoms with van der Waals surface area (Å²) in [6, 6.07) is 10.8. The van der Waals surface area contributed by atoms with E-state index in [9.17, 15) is 0 Å². The highest BCUT2D eigenvalue weighted by atomic mass is 32.1. The Kier molecular flexibility index (Phi) is 7.99. The third-order valence-electron chi connectivity index (χ3n) is 3.34. The van der Waals surface area contributed by atoms with Crippen LogP contribution in [0.2, 0.25) is 0 Å². The fourth-order valence-corrected chi connectivity index (χ4v) is 2.57. The van der Waals surface area contributed by atoms with Crippen molar-refractivity contribution in [2.45, 2.75) is 39.5 Å². The van der Waals surface area contributed by atoms with Gasteiger partial charge in [-0.3, -0.25) is 0 Å². The van der Waals surface area contributed by atoms with Gasteiger partial charge >= 0.3 is 0 Å². The molecule has 0 bridgehead atoms. The van der Waals surface area contributed by atoms with Crippen molar-refractivity contribution in [3.05, 3.63) is 30.3 Å². The van der Waals surface area contributed by atoms with Crippen molar-refractivity contribution in [1.29, 1.82) is 0 Å². The first-order chi connectivity index (χ1) is 8.81. The molecule has 1 nitrogen and oxygen atoms in total. The summed E-state index contributed by atoms with van der Waals surface area (Å²) in [7, 11) is 0. The summed E-state index contributed by atoms with van der Waals surface area (Å²) in [5.41, 5.74) is 1.36. The molecule has 102 valence electrons. The molecule has 2 heteroatoms. The second kappa shape index (κ2) is 9.32. The first-order valence-corrected chi connectivity index (χ1v) is 7.85. The molecule has 0 aromatic heterocycles. The number of rotatable bonds is 9. The summed E-state index contributed by atoms with van der Waals surface area (Å²) in [6.07, 6.45) is 5.05. The van der Waals surface area contributed by atoms with Crippen molar-refractivity contribution in [2.75, 3.05) is 23.7 Å². The van der Waals surface area contributed by atoms with E-state index in [-0.39, 0.29) is 0 Å². The minimum absolute atomic E-state index is 0.704. The lowest BCUT2D eigenvalue weighted by atomic mass is 10.0. The third kappa shape index (κ3) is 5.34. The normalized spacial score (nSPS) is 12.4. The molecule has 0 aliphatic rings. The number of nitrogens with zero attached hydrogens (tertiary/aromatic N) is 1. The van der Waals surface area contributed by atoms with Crippen LogP contribution in [0.3, 0.4) is 0 Å². The highest BCUT2D eigenvalue weighted by Crippen LogP contribution is 2.18. The molecule has 1 aromatic carbocycles. The van der Waals surface area contributed by atoms with Gasteiger partial charge in [0.2, 0.25) is 0 Å². The van der Waals surface area contributed by atoms with Crippen LogP contribution in [0.1, 0.15) is 39.5 Å². The summed E-state index contributed by atoms with van der Waals surface area (Å²) in [6.45, 7) is 6.82. The maximum Gasteiger partial charge on any atom is 0.0366 e. The molecule has 0 spiro atoms. The Morgan fingerprint density at radius 2 is 1.83 bits per heavy atom. The van der Waals surface area contributed by atoms with Crippen molar-refractivity contribution in [1.82, 2.24) is 0 Å². The van der Waals surface area contributed by atoms with Crippen molar-refractivity contribution in [3.63, 3.8) is 0 Å². The fraction of sp³-hybridized carbons (Fsp3) is 0.625. The molecule has 0 aliphatic heterocycles. The van der Waals surface area contributed by atoms with E-state index < -0.39 is 0 Å². The lowest BCUT2D eigenvalue weighted by Crippen LogP contribution is -2.31. The molecule has 1 aromatic rings. The summed E-state index contributed by atoms with van der Waals surface area (Å²) in [5.74, 6) is 1.69. The lowest BCUT2D eigenvalue weighted by Gasteiger charge is -2.29. The average Bonchev–Trinajstić information content (AvgIpc) is 2.43. The first kappa shape index (κ1) is 15.4. The molecule has 0 saturated heterocycles. The Labute approximate surface area is 118 Å². The number of thiol groups is 1. The predicted octanol–water partition coefficient (Wildman–Crippen LogP) is 4.64. The molecular formula is C16H27NS. The Morgan fingerprint density at radius 3 is 2.39 bits per heavy atom. The van der Waals surface area contributed by atoms with Crippen molar-refractivity contribution in [2.24, 2.45) is 5.92 Å². The van der Waals surface area contributed by atoms with Crippen LogP contribution in [-0.2, 0) is 0 Å². The van der Waals surface area contributed by atoms with E-state index in [2.05, 4.69) is 61.7 Å². The maximum atomic E-state index is 4.50. The van der Waals surface area contributed by atoms with Crippen molar-refractivity contribution < 1.29 is 0 Å². The molecule has 1 rings (SSSR count). The van der Waals surface area contributed by atoms with Crippen LogP contribution in [0.25, 0.3) is 0 Å². The third-order valence-corrected chi connectivity index (χ3v) is 3.85. The van der Waals surface area contributed by atoms with Crippen LogP contribution >= 0.6 is 12.6 Å². The van der Waals surface area contributed by atoms with Crippen LogP contribution in [0.5, 0.6) is 0 Å². The minimum atomic E-state index is 0.704. The maximum absolute atomic E-state index is 4.50. The van der Waals surface area contributed by atoms with E-state index in [1.807, 2.05) is 0 Å². The van der Waals surface area contributed by atoms with E-state index in [4.69, 9.17) is 0 Å². The molecule has 18 heavy (non-hydrogen) atoms. The van der Waals surface area contributed by atoms with Gasteiger partial charge in [0, 0.05) is 18.8 Å². The van der Waals surface area contributed by atoms with Crippen LogP contribution in [0.4, 0.5) is 5.69 Å². The average molecular weight is 265 g/mol. The van der Waals surface area contributed by atoms with Gasteiger partial charge in [0.1, 0.15) is 0 Å². The molecule has 0 N–H and O–H groups in total. The molecule has 0 aliphatic carbocycles. The van der Waals surface area contributed by atoms with Gasteiger partial charge in [-0.05, 0) is 36.6 Å². The SMILES string of the molecule is CCCCN(CC(CS)CCC)c1ccccc1. The zero-order chi connectivity index (χ0) is 13.2. The Morgan fingerprint density at radius 1 is 1.11 bits per heavy atom. The van der Waals surface area contributed by atoms with E-state index >= 15 is 0 Å². The Balaban J connectivity index is 2.65. The molecule has 0 amide bonds. The number of hydrogen-bond acceptors (Lipinski definition) is 2. The van der Waals surface area contributed by atoms with E-state index in [0.717, 1.165) is 18.8 Å². The van der Waals surface area contributed by atoms with Crippen LogP contribution in [-0.4, -0.2) is 18.8 Å². The Hall–Kier alpha value is -0.630. The number of hydrogen-bond donors (Lipinski definition) is 1. The lowest BCUT2D eigenvalue weighted by molar-refractivity contribution is 0.516. The van der Waals surface area contributed by atoms with E-state index in [1.165, 1.54) is 31.4 Å². The van der Waals surface area contributed by atoms with Gasteiger partial charge in [-0.2, -0.15) is 12.6 Å². The second-order valence-corrected chi connectivity index (χ2v) is 5.34. The molecule has 1 unspecified atom stereocenters. The van der Waals surface area contributed by atoms with Gasteiger partial charge in [0.05, 0.1) is 0 Å². The van der Waals surface area contributed by atoms with Gasteiger partial charge in [-0.1, -0.05) is 44.9 Å². The fourth-order valence-electron chi connectivity index (χ4n) is 2.27. The molecule has 0 heterocycles. The van der Waals surface area contributed by atoms with Gasteiger partial charge in [-0.15, -0.1) is 0 Å². The molecule has 1 atom stereocenters. The highest BCUT2D eigenvalue weighted by Gasteiger charge is 2.12. The van der Waals surface area contributed by atoms with Crippen LogP contribution < -0.4 is 4.90 Å². The van der Waals surface area contributed by atoms with Gasteiger partial charge in [0.15, 0.2) is 0 Å². The highest BCUT2D eigenvalue weighted by molar-refractivity contribution is 7.80. The zero-order valence-corrected chi connectivity index (χ0v) is 12.7. The summed E-state index contributed by atoms with van der Waals surface area (Å²) < 4.78 is 0. The van der Waals surface area contributed by atoms with Crippen LogP contribution in [0.15, 0.2) is 30.3 Å². The monoisotopic (exact) mass is 265 g/mol. The van der Waals surface area contributed by atoms with E-state index in [1.54, 1.807) is 0 Å². The minimum Gasteiger partial charge on any atom is -0.371 e. The first-order valence-electron chi connectivity index (χ1n) is 7.22. The molecule has 0 fully saturated rings. The molecule has 0 radical (unpaired) electrons. The second-order valence-electron chi connectivity index (χ2n) is 4.97. The zero-order valence-electron chi connectivity index (χ0n) is 11.8. The van der Waals surface area contributed by atoms with Crippen LogP contribution in [0, 0.1) is 5.92 Å². The topological polar surface area (TPSA) is 3.24 Å². The van der Waals surface area contributed by atoms with Gasteiger partial charge in [-0.25, -0.2) is 0 Å². The molecule has 0 saturated carbocycles. The molecular weight excluding hydrogens is 238 g/mol. The van der Waals surface area contributed by atoms with E-state index in [0.29, 0.717) is 5.92 Å². The smallest absolute Gasteiger partial charge is 0.0366 e. The number of anilines is 1.